The highest BCUT2D eigenvalue weighted by atomic mass is 127. The minimum absolute atomic E-state index is 0. The van der Waals surface area contributed by atoms with Crippen molar-refractivity contribution in [2.24, 2.45) is 12.0 Å². The molecule has 154 valence electrons. The van der Waals surface area contributed by atoms with E-state index in [0.717, 1.165) is 23.1 Å². The van der Waals surface area contributed by atoms with Crippen LogP contribution in [0.3, 0.4) is 0 Å². The van der Waals surface area contributed by atoms with Crippen molar-refractivity contribution in [3.05, 3.63) is 53.1 Å². The van der Waals surface area contributed by atoms with Crippen LogP contribution < -0.4 is 10.6 Å². The molecule has 3 rings (SSSR count). The van der Waals surface area contributed by atoms with Gasteiger partial charge in [0, 0.05) is 44.4 Å². The van der Waals surface area contributed by atoms with Crippen molar-refractivity contribution in [1.29, 1.82) is 0 Å². The van der Waals surface area contributed by atoms with Gasteiger partial charge in [-0.3, -0.25) is 9.67 Å². The van der Waals surface area contributed by atoms with E-state index < -0.39 is 11.9 Å². The van der Waals surface area contributed by atoms with Gasteiger partial charge in [-0.05, 0) is 30.5 Å². The van der Waals surface area contributed by atoms with Gasteiger partial charge in [0.1, 0.15) is 5.82 Å². The van der Waals surface area contributed by atoms with E-state index in [1.807, 2.05) is 6.07 Å². The Hall–Kier alpha value is -1.85. The predicted molar refractivity (Wildman–Crippen MR) is 109 cm³/mol. The van der Waals surface area contributed by atoms with Gasteiger partial charge in [-0.2, -0.15) is 18.3 Å². The number of alkyl halides is 3. The number of guanidine groups is 1. The number of nitrogens with zero attached hydrogens (tertiary/aromatic N) is 3. The highest BCUT2D eigenvalue weighted by Gasteiger charge is 2.44. The molecule has 1 aromatic carbocycles. The maximum atomic E-state index is 13.5. The topological polar surface area (TPSA) is 54.2 Å². The number of rotatable bonds is 5. The maximum Gasteiger partial charge on any atom is 0.435 e. The first kappa shape index (κ1) is 22.4. The van der Waals surface area contributed by atoms with E-state index in [-0.39, 0.29) is 47.3 Å². The van der Waals surface area contributed by atoms with Crippen LogP contribution >= 0.6 is 24.0 Å². The van der Waals surface area contributed by atoms with Crippen LogP contribution in [0.15, 0.2) is 35.5 Å². The largest absolute Gasteiger partial charge is 0.435 e. The molecule has 1 aromatic heterocycles. The second-order valence-electron chi connectivity index (χ2n) is 6.74. The third-order valence-electron chi connectivity index (χ3n) is 4.73. The third-order valence-corrected chi connectivity index (χ3v) is 4.73. The van der Waals surface area contributed by atoms with E-state index >= 15 is 0 Å². The van der Waals surface area contributed by atoms with Crippen LogP contribution in [0.2, 0.25) is 0 Å². The quantitative estimate of drug-likeness (QED) is 0.279. The molecule has 0 radical (unpaired) electrons. The van der Waals surface area contributed by atoms with Crippen molar-refractivity contribution in [3.8, 4) is 0 Å². The van der Waals surface area contributed by atoms with Gasteiger partial charge in [-0.15, -0.1) is 24.0 Å². The van der Waals surface area contributed by atoms with Gasteiger partial charge in [0.2, 0.25) is 0 Å². The summed E-state index contributed by atoms with van der Waals surface area (Å²) in [6, 6.07) is 6.49. The predicted octanol–water partition coefficient (Wildman–Crippen LogP) is 3.59. The van der Waals surface area contributed by atoms with E-state index in [2.05, 4.69) is 20.7 Å². The van der Waals surface area contributed by atoms with Gasteiger partial charge in [-0.25, -0.2) is 4.39 Å². The minimum atomic E-state index is -4.51. The van der Waals surface area contributed by atoms with E-state index in [9.17, 15) is 17.6 Å². The van der Waals surface area contributed by atoms with Crippen LogP contribution in [0.25, 0.3) is 0 Å². The number of hydrogen-bond donors (Lipinski definition) is 2. The van der Waals surface area contributed by atoms with E-state index in [0.29, 0.717) is 12.5 Å². The number of benzene rings is 1. The van der Waals surface area contributed by atoms with Crippen LogP contribution in [0.4, 0.5) is 17.6 Å². The molecular formula is C18H22F4IN5. The van der Waals surface area contributed by atoms with E-state index in [4.69, 9.17) is 0 Å². The fourth-order valence-electron chi connectivity index (χ4n) is 3.09. The molecule has 0 bridgehead atoms. The van der Waals surface area contributed by atoms with Gasteiger partial charge in [0.15, 0.2) is 11.7 Å². The lowest BCUT2D eigenvalue weighted by atomic mass is 9.96. The standard InChI is InChI=1S/C18H21F4N5.HI/c1-23-16(24-9-12-10-27(2)26-15(12)18(20,21)22)25-11-17(6-7-17)13-4-3-5-14(19)8-13;/h3-5,8,10H,6-7,9,11H2,1-2H3,(H2,23,24,25);1H. The number of hydrogen-bond acceptors (Lipinski definition) is 2. The molecule has 1 heterocycles. The Morgan fingerprint density at radius 3 is 2.57 bits per heavy atom. The van der Waals surface area contributed by atoms with Crippen molar-refractivity contribution in [1.82, 2.24) is 20.4 Å². The van der Waals surface area contributed by atoms with Crippen molar-refractivity contribution < 1.29 is 17.6 Å². The fourth-order valence-corrected chi connectivity index (χ4v) is 3.09. The molecule has 28 heavy (non-hydrogen) atoms. The Balaban J connectivity index is 0.00000280. The number of aliphatic imine (C=N–C) groups is 1. The Morgan fingerprint density at radius 2 is 2.00 bits per heavy atom. The van der Waals surface area contributed by atoms with Gasteiger partial charge >= 0.3 is 6.18 Å². The third kappa shape index (κ3) is 5.15. The first-order valence-electron chi connectivity index (χ1n) is 8.54. The Kier molecular flexibility index (Phi) is 6.94. The summed E-state index contributed by atoms with van der Waals surface area (Å²) in [6.07, 6.45) is -1.34. The van der Waals surface area contributed by atoms with Crippen LogP contribution in [-0.4, -0.2) is 29.3 Å². The summed E-state index contributed by atoms with van der Waals surface area (Å²) in [5.74, 6) is 0.104. The minimum Gasteiger partial charge on any atom is -0.356 e. The smallest absolute Gasteiger partial charge is 0.356 e. The SMILES string of the molecule is CN=C(NCc1cn(C)nc1C(F)(F)F)NCC1(c2cccc(F)c2)CC1.I. The number of aryl methyl sites for hydroxylation is 1. The average Bonchev–Trinajstić information content (AvgIpc) is 3.30. The van der Waals surface area contributed by atoms with Crippen molar-refractivity contribution in [2.45, 2.75) is 31.0 Å². The number of halogens is 5. The zero-order valence-corrected chi connectivity index (χ0v) is 17.8. The summed E-state index contributed by atoms with van der Waals surface area (Å²) in [5.41, 5.74) is -0.117. The van der Waals surface area contributed by atoms with Crippen molar-refractivity contribution >= 4 is 29.9 Å². The van der Waals surface area contributed by atoms with Crippen LogP contribution in [0.5, 0.6) is 0 Å². The lowest BCUT2D eigenvalue weighted by Gasteiger charge is -2.19. The molecule has 1 aliphatic carbocycles. The maximum absolute atomic E-state index is 13.5. The molecule has 2 N–H and O–H groups in total. The molecule has 1 saturated carbocycles. The molecule has 0 atom stereocenters. The van der Waals surface area contributed by atoms with E-state index in [1.54, 1.807) is 13.1 Å². The van der Waals surface area contributed by atoms with E-state index in [1.165, 1.54) is 25.4 Å². The molecule has 1 aliphatic rings. The summed E-state index contributed by atoms with van der Waals surface area (Å²) in [5, 5.41) is 9.50. The average molecular weight is 511 g/mol. The molecule has 2 aromatic rings. The molecular weight excluding hydrogens is 489 g/mol. The molecule has 5 nitrogen and oxygen atoms in total. The second-order valence-corrected chi connectivity index (χ2v) is 6.74. The lowest BCUT2D eigenvalue weighted by Crippen LogP contribution is -2.41. The van der Waals surface area contributed by atoms with Crippen molar-refractivity contribution in [2.75, 3.05) is 13.6 Å². The molecule has 0 amide bonds. The van der Waals surface area contributed by atoms with Gasteiger partial charge in [0.25, 0.3) is 0 Å². The number of aromatic nitrogens is 2. The van der Waals surface area contributed by atoms with Gasteiger partial charge in [-0.1, -0.05) is 12.1 Å². The highest BCUT2D eigenvalue weighted by molar-refractivity contribution is 14.0. The first-order valence-corrected chi connectivity index (χ1v) is 8.54. The monoisotopic (exact) mass is 511 g/mol. The molecule has 10 heteroatoms. The highest BCUT2D eigenvalue weighted by Crippen LogP contribution is 2.47. The molecule has 1 fully saturated rings. The second kappa shape index (κ2) is 8.66. The molecule has 0 saturated heterocycles. The van der Waals surface area contributed by atoms with Gasteiger partial charge in [0.05, 0.1) is 0 Å². The summed E-state index contributed by atoms with van der Waals surface area (Å²) in [6.45, 7) is 0.463. The van der Waals surface area contributed by atoms with Crippen LogP contribution in [-0.2, 0) is 25.2 Å². The zero-order chi connectivity index (χ0) is 19.7. The molecule has 0 aliphatic heterocycles. The fraction of sp³-hybridized carbons (Fsp3) is 0.444. The van der Waals surface area contributed by atoms with Gasteiger partial charge < -0.3 is 10.6 Å². The van der Waals surface area contributed by atoms with Crippen LogP contribution in [0.1, 0.15) is 29.7 Å². The molecule has 0 spiro atoms. The first-order chi connectivity index (χ1) is 12.7. The summed E-state index contributed by atoms with van der Waals surface area (Å²) < 4.78 is 53.7. The van der Waals surface area contributed by atoms with Crippen LogP contribution in [0, 0.1) is 5.82 Å². The number of nitrogens with one attached hydrogen (secondary N) is 2. The molecule has 0 unspecified atom stereocenters. The Morgan fingerprint density at radius 1 is 1.29 bits per heavy atom. The Bertz CT molecular complexity index is 843. The Labute approximate surface area is 177 Å². The summed E-state index contributed by atoms with van der Waals surface area (Å²) in [4.78, 5) is 4.06. The zero-order valence-electron chi connectivity index (χ0n) is 15.5. The normalized spacial score (nSPS) is 15.7. The summed E-state index contributed by atoms with van der Waals surface area (Å²) in [7, 11) is 2.99. The summed E-state index contributed by atoms with van der Waals surface area (Å²) >= 11 is 0. The van der Waals surface area contributed by atoms with Crippen molar-refractivity contribution in [3.63, 3.8) is 0 Å². The lowest BCUT2D eigenvalue weighted by molar-refractivity contribution is -0.142.